The van der Waals surface area contributed by atoms with Crippen molar-refractivity contribution in [1.82, 2.24) is 0 Å². The first-order valence-electron chi connectivity index (χ1n) is 3.23. The zero-order valence-electron chi connectivity index (χ0n) is 5.93. The van der Waals surface area contributed by atoms with Gasteiger partial charge in [0.25, 0.3) is 0 Å². The molecule has 1 aromatic carbocycles. The summed E-state index contributed by atoms with van der Waals surface area (Å²) >= 11 is 3.02. The van der Waals surface area contributed by atoms with E-state index >= 15 is 0 Å². The standard InChI is InChI=1S/C7H5BrFNO2/c8-5-6(9)3(10)1-4-7(5)12-2-11-4/h1H,2,10H2. The Morgan fingerprint density at radius 2 is 2.25 bits per heavy atom. The van der Waals surface area contributed by atoms with Crippen molar-refractivity contribution < 1.29 is 13.9 Å². The Hall–Kier alpha value is -0.970. The van der Waals surface area contributed by atoms with Crippen molar-refractivity contribution in [3.8, 4) is 11.5 Å². The van der Waals surface area contributed by atoms with Crippen LogP contribution in [0.25, 0.3) is 0 Å². The van der Waals surface area contributed by atoms with Crippen LogP contribution in [0, 0.1) is 5.82 Å². The van der Waals surface area contributed by atoms with Crippen molar-refractivity contribution in [1.29, 1.82) is 0 Å². The molecule has 0 radical (unpaired) electrons. The lowest BCUT2D eigenvalue weighted by atomic mass is 10.3. The second-order valence-electron chi connectivity index (χ2n) is 2.33. The number of nitrogen functional groups attached to an aromatic ring is 1. The van der Waals surface area contributed by atoms with Gasteiger partial charge in [0.15, 0.2) is 17.3 Å². The molecule has 0 saturated carbocycles. The van der Waals surface area contributed by atoms with Crippen molar-refractivity contribution in [2.24, 2.45) is 0 Å². The fraction of sp³-hybridized carbons (Fsp3) is 0.143. The summed E-state index contributed by atoms with van der Waals surface area (Å²) < 4.78 is 23.3. The molecule has 0 fully saturated rings. The molecular formula is C7H5BrFNO2. The second-order valence-corrected chi connectivity index (χ2v) is 3.12. The average Bonchev–Trinajstić information content (AvgIpc) is 2.48. The zero-order valence-corrected chi connectivity index (χ0v) is 7.52. The third kappa shape index (κ3) is 0.929. The smallest absolute Gasteiger partial charge is 0.231 e. The summed E-state index contributed by atoms with van der Waals surface area (Å²) in [5, 5.41) is 0. The maximum absolute atomic E-state index is 13.1. The Kier molecular flexibility index (Phi) is 1.61. The van der Waals surface area contributed by atoms with Crippen molar-refractivity contribution in [3.05, 3.63) is 16.4 Å². The van der Waals surface area contributed by atoms with Gasteiger partial charge in [-0.3, -0.25) is 0 Å². The number of halogens is 2. The summed E-state index contributed by atoms with van der Waals surface area (Å²) in [5.74, 6) is 0.335. The van der Waals surface area contributed by atoms with Crippen molar-refractivity contribution in [3.63, 3.8) is 0 Å². The number of hydrogen-bond donors (Lipinski definition) is 1. The molecule has 1 aliphatic heterocycles. The topological polar surface area (TPSA) is 44.5 Å². The van der Waals surface area contributed by atoms with Gasteiger partial charge in [0.1, 0.15) is 4.47 Å². The number of ether oxygens (including phenoxy) is 2. The fourth-order valence-corrected chi connectivity index (χ4v) is 1.54. The molecule has 2 rings (SSSR count). The predicted octanol–water partition coefficient (Wildman–Crippen LogP) is 1.90. The van der Waals surface area contributed by atoms with E-state index in [1.807, 2.05) is 0 Å². The maximum Gasteiger partial charge on any atom is 0.231 e. The minimum atomic E-state index is -0.515. The monoisotopic (exact) mass is 233 g/mol. The summed E-state index contributed by atoms with van der Waals surface area (Å²) in [4.78, 5) is 0. The van der Waals surface area contributed by atoms with Crippen LogP contribution in [0.2, 0.25) is 0 Å². The quantitative estimate of drug-likeness (QED) is 0.697. The van der Waals surface area contributed by atoms with Crippen molar-refractivity contribution in [2.75, 3.05) is 12.5 Å². The third-order valence-electron chi connectivity index (χ3n) is 1.57. The average molecular weight is 234 g/mol. The molecule has 0 amide bonds. The third-order valence-corrected chi connectivity index (χ3v) is 2.28. The number of fused-ring (bicyclic) bond motifs is 1. The second kappa shape index (κ2) is 2.52. The normalized spacial score (nSPS) is 13.5. The van der Waals surface area contributed by atoms with E-state index in [1.54, 1.807) is 0 Å². The molecule has 2 N–H and O–H groups in total. The molecule has 0 unspecified atom stereocenters. The molecule has 1 aliphatic rings. The van der Waals surface area contributed by atoms with Gasteiger partial charge in [0.2, 0.25) is 6.79 Å². The van der Waals surface area contributed by atoms with Crippen LogP contribution in [0.15, 0.2) is 10.5 Å². The van der Waals surface area contributed by atoms with Gasteiger partial charge in [-0.25, -0.2) is 4.39 Å². The highest BCUT2D eigenvalue weighted by molar-refractivity contribution is 9.10. The van der Waals surface area contributed by atoms with E-state index in [9.17, 15) is 4.39 Å². The highest BCUT2D eigenvalue weighted by atomic mass is 79.9. The number of anilines is 1. The fourth-order valence-electron chi connectivity index (χ4n) is 0.998. The number of nitrogens with two attached hydrogens (primary N) is 1. The predicted molar refractivity (Wildman–Crippen MR) is 44.6 cm³/mol. The molecule has 0 bridgehead atoms. The van der Waals surface area contributed by atoms with Crippen LogP contribution >= 0.6 is 15.9 Å². The van der Waals surface area contributed by atoms with E-state index in [2.05, 4.69) is 15.9 Å². The van der Waals surface area contributed by atoms with E-state index in [4.69, 9.17) is 15.2 Å². The van der Waals surface area contributed by atoms with E-state index in [0.29, 0.717) is 11.5 Å². The van der Waals surface area contributed by atoms with Gasteiger partial charge in [-0.1, -0.05) is 0 Å². The van der Waals surface area contributed by atoms with Crippen molar-refractivity contribution >= 4 is 21.6 Å². The van der Waals surface area contributed by atoms with Crippen molar-refractivity contribution in [2.45, 2.75) is 0 Å². The first kappa shape index (κ1) is 7.67. The van der Waals surface area contributed by atoms with E-state index in [-0.39, 0.29) is 17.0 Å². The van der Waals surface area contributed by atoms with Gasteiger partial charge in [0, 0.05) is 6.07 Å². The van der Waals surface area contributed by atoms with Crippen LogP contribution < -0.4 is 15.2 Å². The van der Waals surface area contributed by atoms with Crippen LogP contribution in [0.4, 0.5) is 10.1 Å². The highest BCUT2D eigenvalue weighted by Gasteiger charge is 2.21. The van der Waals surface area contributed by atoms with Gasteiger partial charge >= 0.3 is 0 Å². The lowest BCUT2D eigenvalue weighted by molar-refractivity contribution is 0.173. The lowest BCUT2D eigenvalue weighted by Crippen LogP contribution is -1.93. The molecule has 0 atom stereocenters. The molecule has 0 saturated heterocycles. The lowest BCUT2D eigenvalue weighted by Gasteiger charge is -2.02. The molecule has 0 aromatic heterocycles. The Bertz CT molecular complexity index is 343. The Morgan fingerprint density at radius 1 is 1.50 bits per heavy atom. The first-order chi connectivity index (χ1) is 5.70. The Balaban J connectivity index is 2.67. The summed E-state index contributed by atoms with van der Waals surface area (Å²) in [6.07, 6.45) is 0. The number of rotatable bonds is 0. The Morgan fingerprint density at radius 3 is 3.00 bits per heavy atom. The maximum atomic E-state index is 13.1. The van der Waals surface area contributed by atoms with Gasteiger partial charge in [-0.2, -0.15) is 0 Å². The van der Waals surface area contributed by atoms with Crippen LogP contribution in [0.1, 0.15) is 0 Å². The minimum Gasteiger partial charge on any atom is -0.453 e. The SMILES string of the molecule is Nc1cc2c(c(Br)c1F)OCO2. The van der Waals surface area contributed by atoms with Crippen LogP contribution in [-0.2, 0) is 0 Å². The summed E-state index contributed by atoms with van der Waals surface area (Å²) in [6.45, 7) is 0.108. The van der Waals surface area contributed by atoms with Crippen LogP contribution in [0.3, 0.4) is 0 Å². The summed E-state index contributed by atoms with van der Waals surface area (Å²) in [5.41, 5.74) is 5.40. The van der Waals surface area contributed by atoms with E-state index < -0.39 is 5.82 Å². The summed E-state index contributed by atoms with van der Waals surface area (Å²) in [7, 11) is 0. The van der Waals surface area contributed by atoms with Gasteiger partial charge in [-0.05, 0) is 15.9 Å². The molecule has 5 heteroatoms. The molecule has 1 aromatic rings. The molecule has 0 spiro atoms. The first-order valence-corrected chi connectivity index (χ1v) is 4.02. The highest BCUT2D eigenvalue weighted by Crippen LogP contribution is 2.42. The Labute approximate surface area is 76.4 Å². The molecule has 1 heterocycles. The molecule has 0 aliphatic carbocycles. The largest absolute Gasteiger partial charge is 0.453 e. The summed E-state index contributed by atoms with van der Waals surface area (Å²) in [6, 6.07) is 1.41. The van der Waals surface area contributed by atoms with E-state index in [0.717, 1.165) is 0 Å². The zero-order chi connectivity index (χ0) is 8.72. The van der Waals surface area contributed by atoms with Gasteiger partial charge in [-0.15, -0.1) is 0 Å². The number of hydrogen-bond acceptors (Lipinski definition) is 3. The van der Waals surface area contributed by atoms with Gasteiger partial charge in [0.05, 0.1) is 5.69 Å². The molecule has 12 heavy (non-hydrogen) atoms. The minimum absolute atomic E-state index is 0.0473. The molecule has 64 valence electrons. The molecule has 3 nitrogen and oxygen atoms in total. The molecular weight excluding hydrogens is 229 g/mol. The van der Waals surface area contributed by atoms with E-state index in [1.165, 1.54) is 6.07 Å². The van der Waals surface area contributed by atoms with Crippen LogP contribution in [-0.4, -0.2) is 6.79 Å². The van der Waals surface area contributed by atoms with Crippen LogP contribution in [0.5, 0.6) is 11.5 Å². The number of benzene rings is 1. The van der Waals surface area contributed by atoms with Gasteiger partial charge < -0.3 is 15.2 Å².